The fourth-order valence-electron chi connectivity index (χ4n) is 2.85. The molecule has 1 heterocycles. The monoisotopic (exact) mass is 338 g/mol. The molecule has 0 amide bonds. The molecule has 0 spiro atoms. The third-order valence-corrected chi connectivity index (χ3v) is 5.14. The van der Waals surface area contributed by atoms with Gasteiger partial charge in [-0.1, -0.05) is 26.8 Å². The van der Waals surface area contributed by atoms with Gasteiger partial charge < -0.3 is 10.2 Å². The summed E-state index contributed by atoms with van der Waals surface area (Å²) in [6.07, 6.45) is 1.17. The summed E-state index contributed by atoms with van der Waals surface area (Å²) in [6.45, 7) is 12.5. The molecule has 1 aromatic rings. The Hall–Kier alpha value is -0.540. The smallest absolute Gasteiger partial charge is 0.0511 e. The molecule has 0 aliphatic carbocycles. The van der Waals surface area contributed by atoms with Crippen LogP contribution in [0.15, 0.2) is 22.7 Å². The average molecular weight is 339 g/mol. The molecule has 0 aromatic heterocycles. The molecule has 2 rings (SSSR count). The Morgan fingerprint density at radius 1 is 1.30 bits per heavy atom. The molecule has 0 bridgehead atoms. The van der Waals surface area contributed by atoms with E-state index in [1.165, 1.54) is 35.2 Å². The van der Waals surface area contributed by atoms with Crippen molar-refractivity contribution < 1.29 is 0 Å². The molecule has 20 heavy (non-hydrogen) atoms. The SMILES string of the molecule is CCCNC(C)c1ccc(N2CC(C)C(C)C2)c(Br)c1. The number of nitrogens with one attached hydrogen (secondary N) is 1. The van der Waals surface area contributed by atoms with Crippen molar-refractivity contribution in [2.24, 2.45) is 11.8 Å². The Morgan fingerprint density at radius 3 is 2.50 bits per heavy atom. The summed E-state index contributed by atoms with van der Waals surface area (Å²) >= 11 is 3.76. The molecule has 1 fully saturated rings. The topological polar surface area (TPSA) is 15.3 Å². The fraction of sp³-hybridized carbons (Fsp3) is 0.647. The quantitative estimate of drug-likeness (QED) is 0.843. The van der Waals surface area contributed by atoms with E-state index in [1.807, 2.05) is 0 Å². The predicted molar refractivity (Wildman–Crippen MR) is 91.4 cm³/mol. The molecule has 3 atom stereocenters. The van der Waals surface area contributed by atoms with Crippen LogP contribution in [0.5, 0.6) is 0 Å². The second-order valence-electron chi connectivity index (χ2n) is 6.25. The summed E-state index contributed by atoms with van der Waals surface area (Å²) in [5.74, 6) is 1.57. The van der Waals surface area contributed by atoms with E-state index in [-0.39, 0.29) is 0 Å². The van der Waals surface area contributed by atoms with E-state index >= 15 is 0 Å². The van der Waals surface area contributed by atoms with E-state index in [1.54, 1.807) is 0 Å². The first-order chi connectivity index (χ1) is 9.52. The lowest BCUT2D eigenvalue weighted by Crippen LogP contribution is -2.21. The van der Waals surface area contributed by atoms with Crippen molar-refractivity contribution in [3.63, 3.8) is 0 Å². The van der Waals surface area contributed by atoms with E-state index < -0.39 is 0 Å². The Balaban J connectivity index is 2.10. The first-order valence-electron chi connectivity index (χ1n) is 7.80. The number of benzene rings is 1. The largest absolute Gasteiger partial charge is 0.370 e. The Morgan fingerprint density at radius 2 is 1.95 bits per heavy atom. The van der Waals surface area contributed by atoms with E-state index in [2.05, 4.69) is 72.0 Å². The predicted octanol–water partition coefficient (Wildman–Crippen LogP) is 4.60. The summed E-state index contributed by atoms with van der Waals surface area (Å²) in [6, 6.07) is 7.22. The molecule has 3 unspecified atom stereocenters. The molecule has 112 valence electrons. The minimum Gasteiger partial charge on any atom is -0.370 e. The van der Waals surface area contributed by atoms with Gasteiger partial charge in [-0.3, -0.25) is 0 Å². The average Bonchev–Trinajstić information content (AvgIpc) is 2.75. The molecule has 3 heteroatoms. The standard InChI is InChI=1S/C17H27BrN2/c1-5-8-19-14(4)15-6-7-17(16(18)9-15)20-10-12(2)13(3)11-20/h6-7,9,12-14,19H,5,8,10-11H2,1-4H3. The molecule has 2 nitrogen and oxygen atoms in total. The van der Waals surface area contributed by atoms with Crippen LogP contribution in [0.4, 0.5) is 5.69 Å². The zero-order chi connectivity index (χ0) is 14.7. The van der Waals surface area contributed by atoms with Crippen LogP contribution in [0.3, 0.4) is 0 Å². The normalized spacial score (nSPS) is 24.1. The Bertz CT molecular complexity index is 437. The highest BCUT2D eigenvalue weighted by Gasteiger charge is 2.27. The third-order valence-electron chi connectivity index (χ3n) is 4.50. The number of anilines is 1. The van der Waals surface area contributed by atoms with E-state index in [0.717, 1.165) is 18.4 Å². The summed E-state index contributed by atoms with van der Waals surface area (Å²) in [5.41, 5.74) is 2.70. The van der Waals surface area contributed by atoms with Crippen molar-refractivity contribution in [2.45, 2.75) is 40.2 Å². The van der Waals surface area contributed by atoms with Gasteiger partial charge in [-0.15, -0.1) is 0 Å². The van der Waals surface area contributed by atoms with Gasteiger partial charge in [0.25, 0.3) is 0 Å². The maximum absolute atomic E-state index is 3.76. The maximum Gasteiger partial charge on any atom is 0.0511 e. The van der Waals surface area contributed by atoms with Crippen LogP contribution in [0.25, 0.3) is 0 Å². The Labute approximate surface area is 132 Å². The van der Waals surface area contributed by atoms with Crippen LogP contribution in [-0.4, -0.2) is 19.6 Å². The number of nitrogens with zero attached hydrogens (tertiary/aromatic N) is 1. The van der Waals surface area contributed by atoms with Crippen LogP contribution in [-0.2, 0) is 0 Å². The lowest BCUT2D eigenvalue weighted by Gasteiger charge is -2.22. The van der Waals surface area contributed by atoms with Gasteiger partial charge in [0.15, 0.2) is 0 Å². The maximum atomic E-state index is 3.76. The van der Waals surface area contributed by atoms with Crippen molar-refractivity contribution >= 4 is 21.6 Å². The van der Waals surface area contributed by atoms with Gasteiger partial charge in [0.05, 0.1) is 5.69 Å². The molecule has 1 aliphatic heterocycles. The molecule has 0 saturated carbocycles. The van der Waals surface area contributed by atoms with Crippen LogP contribution in [0, 0.1) is 11.8 Å². The molecule has 1 aliphatic rings. The highest BCUT2D eigenvalue weighted by atomic mass is 79.9. The highest BCUT2D eigenvalue weighted by molar-refractivity contribution is 9.10. The molecule has 1 aromatic carbocycles. The highest BCUT2D eigenvalue weighted by Crippen LogP contribution is 2.34. The molecule has 0 radical (unpaired) electrons. The lowest BCUT2D eigenvalue weighted by molar-refractivity contribution is 0.494. The Kier molecular flexibility index (Phi) is 5.50. The second kappa shape index (κ2) is 6.95. The van der Waals surface area contributed by atoms with Crippen LogP contribution in [0.1, 0.15) is 45.7 Å². The van der Waals surface area contributed by atoms with Crippen molar-refractivity contribution in [3.05, 3.63) is 28.2 Å². The van der Waals surface area contributed by atoms with E-state index in [0.29, 0.717) is 6.04 Å². The zero-order valence-electron chi connectivity index (χ0n) is 13.1. The van der Waals surface area contributed by atoms with E-state index in [9.17, 15) is 0 Å². The fourth-order valence-corrected chi connectivity index (χ4v) is 3.50. The van der Waals surface area contributed by atoms with Gasteiger partial charge in [0.2, 0.25) is 0 Å². The molecule has 1 N–H and O–H groups in total. The first kappa shape index (κ1) is 15.8. The van der Waals surface area contributed by atoms with E-state index in [4.69, 9.17) is 0 Å². The van der Waals surface area contributed by atoms with Crippen LogP contribution < -0.4 is 10.2 Å². The van der Waals surface area contributed by atoms with Gasteiger partial charge in [0, 0.05) is 23.6 Å². The van der Waals surface area contributed by atoms with Crippen LogP contribution >= 0.6 is 15.9 Å². The molecule has 1 saturated heterocycles. The lowest BCUT2D eigenvalue weighted by atomic mass is 10.0. The zero-order valence-corrected chi connectivity index (χ0v) is 14.7. The first-order valence-corrected chi connectivity index (χ1v) is 8.60. The second-order valence-corrected chi connectivity index (χ2v) is 7.10. The third kappa shape index (κ3) is 3.56. The van der Waals surface area contributed by atoms with Gasteiger partial charge in [0.1, 0.15) is 0 Å². The molecular weight excluding hydrogens is 312 g/mol. The minimum atomic E-state index is 0.414. The van der Waals surface area contributed by atoms with Gasteiger partial charge >= 0.3 is 0 Å². The van der Waals surface area contributed by atoms with Crippen molar-refractivity contribution in [1.82, 2.24) is 5.32 Å². The van der Waals surface area contributed by atoms with Gasteiger partial charge in [-0.05, 0) is 65.4 Å². The number of halogens is 1. The number of hydrogen-bond donors (Lipinski definition) is 1. The minimum absolute atomic E-state index is 0.414. The molecular formula is C17H27BrN2. The van der Waals surface area contributed by atoms with Gasteiger partial charge in [-0.2, -0.15) is 0 Å². The van der Waals surface area contributed by atoms with Crippen molar-refractivity contribution in [2.75, 3.05) is 24.5 Å². The number of hydrogen-bond acceptors (Lipinski definition) is 2. The summed E-state index contributed by atoms with van der Waals surface area (Å²) in [7, 11) is 0. The summed E-state index contributed by atoms with van der Waals surface area (Å²) in [4.78, 5) is 2.51. The number of rotatable bonds is 5. The van der Waals surface area contributed by atoms with Crippen LogP contribution in [0.2, 0.25) is 0 Å². The van der Waals surface area contributed by atoms with Crippen molar-refractivity contribution in [3.8, 4) is 0 Å². The summed E-state index contributed by atoms with van der Waals surface area (Å²) in [5, 5.41) is 3.54. The van der Waals surface area contributed by atoms with Gasteiger partial charge in [-0.25, -0.2) is 0 Å². The summed E-state index contributed by atoms with van der Waals surface area (Å²) < 4.78 is 1.22. The van der Waals surface area contributed by atoms with Crippen molar-refractivity contribution in [1.29, 1.82) is 0 Å².